The van der Waals surface area contributed by atoms with Gasteiger partial charge < -0.3 is 14.7 Å². The van der Waals surface area contributed by atoms with E-state index in [9.17, 15) is 4.79 Å². The van der Waals surface area contributed by atoms with E-state index in [1.54, 1.807) is 18.3 Å². The first-order valence-electron chi connectivity index (χ1n) is 7.21. The van der Waals surface area contributed by atoms with E-state index in [4.69, 9.17) is 21.4 Å². The summed E-state index contributed by atoms with van der Waals surface area (Å²) in [6.45, 7) is 5.39. The molecular weight excluding hydrogens is 292 g/mol. The normalized spacial score (nSPS) is 19.8. The average molecular weight is 313 g/mol. The molecule has 1 aliphatic rings. The molecule has 2 heterocycles. The zero-order valence-corrected chi connectivity index (χ0v) is 13.1. The molecule has 1 aromatic rings. The minimum atomic E-state index is -0.853. The number of hydrogen-bond acceptors (Lipinski definition) is 3. The van der Waals surface area contributed by atoms with E-state index in [2.05, 4.69) is 18.8 Å². The molecule has 2 atom stereocenters. The van der Waals surface area contributed by atoms with Crippen molar-refractivity contribution in [1.29, 1.82) is 0 Å². The standard InChI is InChI=1S/C15H21ClN2O3/c1-10(2)7-13(11-5-6-18(9-11)15(19)20)21-12-3-4-14(16)17-8-12/h3-4,8,10-11,13H,5-7,9H2,1-2H3,(H,19,20). The summed E-state index contributed by atoms with van der Waals surface area (Å²) in [4.78, 5) is 16.5. The Labute approximate surface area is 129 Å². The van der Waals surface area contributed by atoms with Crippen LogP contribution in [0.25, 0.3) is 0 Å². The van der Waals surface area contributed by atoms with Crippen molar-refractivity contribution in [2.75, 3.05) is 13.1 Å². The van der Waals surface area contributed by atoms with Crippen LogP contribution in [-0.2, 0) is 0 Å². The highest BCUT2D eigenvalue weighted by molar-refractivity contribution is 6.29. The Morgan fingerprint density at radius 2 is 2.33 bits per heavy atom. The Morgan fingerprint density at radius 3 is 2.86 bits per heavy atom. The van der Waals surface area contributed by atoms with Gasteiger partial charge in [0.25, 0.3) is 0 Å². The van der Waals surface area contributed by atoms with Crippen LogP contribution in [0.4, 0.5) is 4.79 Å². The van der Waals surface area contributed by atoms with E-state index < -0.39 is 6.09 Å². The van der Waals surface area contributed by atoms with Crippen LogP contribution >= 0.6 is 11.6 Å². The van der Waals surface area contributed by atoms with Crippen LogP contribution in [0, 0.1) is 11.8 Å². The summed E-state index contributed by atoms with van der Waals surface area (Å²) in [7, 11) is 0. The first kappa shape index (κ1) is 15.9. The van der Waals surface area contributed by atoms with Gasteiger partial charge in [0.05, 0.1) is 6.20 Å². The number of carboxylic acid groups (broad SMARTS) is 1. The summed E-state index contributed by atoms with van der Waals surface area (Å²) in [6, 6.07) is 3.49. The number of pyridine rings is 1. The van der Waals surface area contributed by atoms with Gasteiger partial charge in [0, 0.05) is 19.0 Å². The van der Waals surface area contributed by atoms with Crippen molar-refractivity contribution in [3.63, 3.8) is 0 Å². The summed E-state index contributed by atoms with van der Waals surface area (Å²) < 4.78 is 6.05. The summed E-state index contributed by atoms with van der Waals surface area (Å²) >= 11 is 5.78. The Kier molecular flexibility index (Phi) is 5.28. The lowest BCUT2D eigenvalue weighted by Gasteiger charge is -2.26. The smallest absolute Gasteiger partial charge is 0.407 e. The Hall–Kier alpha value is -1.49. The summed E-state index contributed by atoms with van der Waals surface area (Å²) in [5.74, 6) is 1.38. The number of rotatable bonds is 5. The van der Waals surface area contributed by atoms with Gasteiger partial charge in [-0.15, -0.1) is 0 Å². The third-order valence-electron chi connectivity index (χ3n) is 3.71. The molecule has 2 unspecified atom stereocenters. The summed E-state index contributed by atoms with van der Waals surface area (Å²) in [6.07, 6.45) is 2.48. The highest BCUT2D eigenvalue weighted by atomic mass is 35.5. The van der Waals surface area contributed by atoms with E-state index in [0.717, 1.165) is 12.8 Å². The molecular formula is C15H21ClN2O3. The van der Waals surface area contributed by atoms with E-state index in [0.29, 0.717) is 29.9 Å². The lowest BCUT2D eigenvalue weighted by atomic mass is 9.93. The maximum absolute atomic E-state index is 11.0. The maximum atomic E-state index is 11.0. The van der Waals surface area contributed by atoms with Gasteiger partial charge in [0.2, 0.25) is 0 Å². The predicted octanol–water partition coefficient (Wildman–Crippen LogP) is 3.53. The monoisotopic (exact) mass is 312 g/mol. The van der Waals surface area contributed by atoms with E-state index in [1.807, 2.05) is 0 Å². The van der Waals surface area contributed by atoms with Crippen molar-refractivity contribution < 1.29 is 14.6 Å². The van der Waals surface area contributed by atoms with Crippen LogP contribution in [0.15, 0.2) is 18.3 Å². The van der Waals surface area contributed by atoms with Gasteiger partial charge in [-0.05, 0) is 30.9 Å². The van der Waals surface area contributed by atoms with Crippen molar-refractivity contribution in [2.45, 2.75) is 32.8 Å². The minimum Gasteiger partial charge on any atom is -0.488 e. The van der Waals surface area contributed by atoms with Gasteiger partial charge in [-0.3, -0.25) is 0 Å². The second-order valence-corrected chi connectivity index (χ2v) is 6.27. The Bertz CT molecular complexity index is 478. The summed E-state index contributed by atoms with van der Waals surface area (Å²) in [5.41, 5.74) is 0. The van der Waals surface area contributed by atoms with Gasteiger partial charge in [0.15, 0.2) is 0 Å². The van der Waals surface area contributed by atoms with Gasteiger partial charge in [-0.2, -0.15) is 0 Å². The number of hydrogen-bond donors (Lipinski definition) is 1. The number of amides is 1. The first-order valence-corrected chi connectivity index (χ1v) is 7.59. The van der Waals surface area contributed by atoms with Gasteiger partial charge in [-0.25, -0.2) is 9.78 Å². The zero-order chi connectivity index (χ0) is 15.4. The SMILES string of the molecule is CC(C)CC(Oc1ccc(Cl)nc1)C1CCN(C(=O)O)C1. The van der Waals surface area contributed by atoms with E-state index >= 15 is 0 Å². The molecule has 6 heteroatoms. The molecule has 21 heavy (non-hydrogen) atoms. The molecule has 1 aliphatic heterocycles. The first-order chi connectivity index (χ1) is 9.95. The number of aromatic nitrogens is 1. The summed E-state index contributed by atoms with van der Waals surface area (Å²) in [5, 5.41) is 9.51. The van der Waals surface area contributed by atoms with Crippen molar-refractivity contribution in [1.82, 2.24) is 9.88 Å². The van der Waals surface area contributed by atoms with Crippen LogP contribution in [0.2, 0.25) is 5.15 Å². The lowest BCUT2D eigenvalue weighted by Crippen LogP contribution is -2.33. The molecule has 116 valence electrons. The third-order valence-corrected chi connectivity index (χ3v) is 3.94. The molecule has 5 nitrogen and oxygen atoms in total. The van der Waals surface area contributed by atoms with E-state index in [1.165, 1.54) is 4.90 Å². The fourth-order valence-corrected chi connectivity index (χ4v) is 2.78. The third kappa shape index (κ3) is 4.49. The van der Waals surface area contributed by atoms with Crippen molar-refractivity contribution in [3.8, 4) is 5.75 Å². The number of likely N-dealkylation sites (tertiary alicyclic amines) is 1. The lowest BCUT2D eigenvalue weighted by molar-refractivity contribution is 0.109. The van der Waals surface area contributed by atoms with E-state index in [-0.39, 0.29) is 12.0 Å². The molecule has 1 saturated heterocycles. The molecule has 1 fully saturated rings. The maximum Gasteiger partial charge on any atom is 0.407 e. The van der Waals surface area contributed by atoms with Crippen LogP contribution in [0.5, 0.6) is 5.75 Å². The molecule has 1 N–H and O–H groups in total. The molecule has 0 aromatic carbocycles. The van der Waals surface area contributed by atoms with Crippen molar-refractivity contribution in [3.05, 3.63) is 23.5 Å². The zero-order valence-electron chi connectivity index (χ0n) is 12.3. The van der Waals surface area contributed by atoms with Crippen molar-refractivity contribution in [2.24, 2.45) is 11.8 Å². The van der Waals surface area contributed by atoms with Crippen LogP contribution < -0.4 is 4.74 Å². The molecule has 0 aliphatic carbocycles. The minimum absolute atomic E-state index is 0.00248. The molecule has 1 aromatic heterocycles. The topological polar surface area (TPSA) is 62.7 Å². The van der Waals surface area contributed by atoms with Crippen molar-refractivity contribution >= 4 is 17.7 Å². The van der Waals surface area contributed by atoms with Gasteiger partial charge in [-0.1, -0.05) is 25.4 Å². The van der Waals surface area contributed by atoms with Gasteiger partial charge in [0.1, 0.15) is 17.0 Å². The molecule has 0 saturated carbocycles. The molecule has 1 amide bonds. The van der Waals surface area contributed by atoms with Crippen LogP contribution in [0.3, 0.4) is 0 Å². The van der Waals surface area contributed by atoms with Gasteiger partial charge >= 0.3 is 6.09 Å². The number of halogens is 1. The highest BCUT2D eigenvalue weighted by Gasteiger charge is 2.33. The average Bonchev–Trinajstić information content (AvgIpc) is 2.90. The largest absolute Gasteiger partial charge is 0.488 e. The van der Waals surface area contributed by atoms with Crippen LogP contribution in [0.1, 0.15) is 26.7 Å². The molecule has 0 radical (unpaired) electrons. The Morgan fingerprint density at radius 1 is 1.57 bits per heavy atom. The molecule has 0 bridgehead atoms. The second kappa shape index (κ2) is 6.98. The number of nitrogens with zero attached hydrogens (tertiary/aromatic N) is 2. The molecule has 2 rings (SSSR count). The highest BCUT2D eigenvalue weighted by Crippen LogP contribution is 2.28. The number of ether oxygens (including phenoxy) is 1. The van der Waals surface area contributed by atoms with Crippen LogP contribution in [-0.4, -0.2) is 40.3 Å². The predicted molar refractivity (Wildman–Crippen MR) is 80.8 cm³/mol. The fourth-order valence-electron chi connectivity index (χ4n) is 2.67. The number of carbonyl (C=O) groups is 1. The second-order valence-electron chi connectivity index (χ2n) is 5.88. The molecule has 0 spiro atoms. The Balaban J connectivity index is 2.04. The fraction of sp³-hybridized carbons (Fsp3) is 0.600. The quantitative estimate of drug-likeness (QED) is 0.845.